The van der Waals surface area contributed by atoms with Crippen LogP contribution in [0, 0.1) is 5.92 Å². The van der Waals surface area contributed by atoms with Crippen LogP contribution >= 0.6 is 0 Å². The first-order chi connectivity index (χ1) is 17.7. The number of nitrogens with zero attached hydrogens (tertiary/aromatic N) is 2. The monoisotopic (exact) mass is 489 g/mol. The topological polar surface area (TPSA) is 62.3 Å². The van der Waals surface area contributed by atoms with Crippen LogP contribution in [0.5, 0.6) is 0 Å². The SMILES string of the molecule is CC/C=C\C/C=C\C/C=C\C/C=C\C/C=C\CCCC(=O)NC[C@H]1CCN(C(=O)c2cccnc2)C1. The average molecular weight is 490 g/mol. The summed E-state index contributed by atoms with van der Waals surface area (Å²) in [7, 11) is 0. The molecule has 1 aliphatic rings. The molecule has 2 amide bonds. The molecule has 0 aromatic carbocycles. The van der Waals surface area contributed by atoms with Gasteiger partial charge in [0.1, 0.15) is 0 Å². The molecule has 0 spiro atoms. The summed E-state index contributed by atoms with van der Waals surface area (Å²) in [6.45, 7) is 4.21. The van der Waals surface area contributed by atoms with Crippen molar-refractivity contribution in [3.05, 3.63) is 90.9 Å². The average Bonchev–Trinajstić information content (AvgIpc) is 3.38. The molecule has 1 aliphatic heterocycles. The Kier molecular flexibility index (Phi) is 15.3. The van der Waals surface area contributed by atoms with Crippen LogP contribution in [-0.2, 0) is 4.79 Å². The molecule has 5 nitrogen and oxygen atoms in total. The van der Waals surface area contributed by atoms with E-state index in [4.69, 9.17) is 0 Å². The molecule has 0 saturated carbocycles. The van der Waals surface area contributed by atoms with Gasteiger partial charge in [0.05, 0.1) is 5.56 Å². The first-order valence-corrected chi connectivity index (χ1v) is 13.4. The number of pyridine rings is 1. The second kappa shape index (κ2) is 19.0. The molecule has 1 saturated heterocycles. The molecule has 2 heterocycles. The van der Waals surface area contributed by atoms with Crippen molar-refractivity contribution in [2.45, 2.75) is 64.7 Å². The number of amides is 2. The van der Waals surface area contributed by atoms with Gasteiger partial charge >= 0.3 is 0 Å². The molecule has 0 aliphatic carbocycles. The van der Waals surface area contributed by atoms with E-state index in [-0.39, 0.29) is 11.8 Å². The fourth-order valence-electron chi connectivity index (χ4n) is 3.95. The number of nitrogens with one attached hydrogen (secondary N) is 1. The number of hydrogen-bond acceptors (Lipinski definition) is 3. The second-order valence-electron chi connectivity index (χ2n) is 9.05. The van der Waals surface area contributed by atoms with Gasteiger partial charge in [0.25, 0.3) is 5.91 Å². The van der Waals surface area contributed by atoms with Crippen LogP contribution in [0.1, 0.15) is 75.1 Å². The summed E-state index contributed by atoms with van der Waals surface area (Å²) in [5, 5.41) is 3.04. The quantitative estimate of drug-likeness (QED) is 0.211. The first-order valence-electron chi connectivity index (χ1n) is 13.4. The van der Waals surface area contributed by atoms with Gasteiger partial charge in [-0.05, 0) is 69.4 Å². The van der Waals surface area contributed by atoms with E-state index in [0.29, 0.717) is 31.0 Å². The molecule has 1 atom stereocenters. The molecule has 0 bridgehead atoms. The molecular formula is C31H43N3O2. The van der Waals surface area contributed by atoms with Crippen molar-refractivity contribution < 1.29 is 9.59 Å². The standard InChI is InChI=1S/C31H43N3O2/c1-2-3-4-5-6-7-8-9-10-11-12-13-14-15-16-17-18-21-30(35)33-25-28-22-24-34(27-28)31(36)29-20-19-23-32-26-29/h3-4,6-7,9-10,12-13,15-16,19-20,23,26,28H,2,5,8,11,14,17-18,21-22,24-25,27H2,1H3,(H,33,35)/b4-3-,7-6-,10-9-,13-12-,16-15-/t28-/m1/s1. The van der Waals surface area contributed by atoms with Gasteiger partial charge in [0.15, 0.2) is 0 Å². The molecule has 1 aromatic rings. The van der Waals surface area contributed by atoms with E-state index in [1.807, 2.05) is 4.90 Å². The van der Waals surface area contributed by atoms with Crippen molar-refractivity contribution in [3.63, 3.8) is 0 Å². The molecular weight excluding hydrogens is 446 g/mol. The van der Waals surface area contributed by atoms with Crippen molar-refractivity contribution in [2.24, 2.45) is 5.92 Å². The summed E-state index contributed by atoms with van der Waals surface area (Å²) in [4.78, 5) is 30.5. The molecule has 194 valence electrons. The number of rotatable bonds is 16. The lowest BCUT2D eigenvalue weighted by Gasteiger charge is -2.16. The Morgan fingerprint density at radius 2 is 1.61 bits per heavy atom. The predicted molar refractivity (Wildman–Crippen MR) is 150 cm³/mol. The Balaban J connectivity index is 1.45. The molecule has 0 unspecified atom stereocenters. The van der Waals surface area contributed by atoms with Crippen LogP contribution in [0.3, 0.4) is 0 Å². The highest BCUT2D eigenvalue weighted by Gasteiger charge is 2.27. The Bertz CT molecular complexity index is 900. The Morgan fingerprint density at radius 3 is 2.22 bits per heavy atom. The highest BCUT2D eigenvalue weighted by Crippen LogP contribution is 2.18. The smallest absolute Gasteiger partial charge is 0.255 e. The third-order valence-corrected chi connectivity index (χ3v) is 6.00. The van der Waals surface area contributed by atoms with Crippen LogP contribution in [0.4, 0.5) is 0 Å². The molecule has 1 aromatic heterocycles. The minimum absolute atomic E-state index is 0.0222. The molecule has 1 fully saturated rings. The third-order valence-electron chi connectivity index (χ3n) is 6.00. The van der Waals surface area contributed by atoms with Crippen molar-refractivity contribution in [1.82, 2.24) is 15.2 Å². The van der Waals surface area contributed by atoms with Gasteiger partial charge in [0.2, 0.25) is 5.91 Å². The third kappa shape index (κ3) is 13.0. The number of unbranched alkanes of at least 4 members (excludes halogenated alkanes) is 1. The highest BCUT2D eigenvalue weighted by molar-refractivity contribution is 5.94. The normalized spacial score (nSPS) is 16.5. The van der Waals surface area contributed by atoms with E-state index in [9.17, 15) is 9.59 Å². The summed E-state index contributed by atoms with van der Waals surface area (Å²) in [6, 6.07) is 3.57. The Labute approximate surface area is 217 Å². The van der Waals surface area contributed by atoms with E-state index in [0.717, 1.165) is 57.9 Å². The van der Waals surface area contributed by atoms with Gasteiger partial charge in [0, 0.05) is 38.4 Å². The van der Waals surface area contributed by atoms with Gasteiger partial charge in [-0.3, -0.25) is 14.6 Å². The van der Waals surface area contributed by atoms with Crippen LogP contribution in [-0.4, -0.2) is 41.3 Å². The summed E-state index contributed by atoms with van der Waals surface area (Å²) in [6.07, 6.45) is 33.4. The Hall–Kier alpha value is -3.21. The van der Waals surface area contributed by atoms with Gasteiger partial charge in [-0.1, -0.05) is 67.7 Å². The number of allylic oxidation sites excluding steroid dienone is 10. The van der Waals surface area contributed by atoms with E-state index >= 15 is 0 Å². The minimum Gasteiger partial charge on any atom is -0.356 e. The fraction of sp³-hybridized carbons (Fsp3) is 0.452. The van der Waals surface area contributed by atoms with E-state index < -0.39 is 0 Å². The molecule has 2 rings (SSSR count). The first kappa shape index (κ1) is 29.0. The second-order valence-corrected chi connectivity index (χ2v) is 9.05. The maximum Gasteiger partial charge on any atom is 0.255 e. The summed E-state index contributed by atoms with van der Waals surface area (Å²) >= 11 is 0. The number of hydrogen-bond donors (Lipinski definition) is 1. The number of likely N-dealkylation sites (tertiary alicyclic amines) is 1. The van der Waals surface area contributed by atoms with Crippen LogP contribution in [0.15, 0.2) is 85.3 Å². The van der Waals surface area contributed by atoms with Crippen molar-refractivity contribution in [3.8, 4) is 0 Å². The molecule has 5 heteroatoms. The maximum atomic E-state index is 12.5. The number of aromatic nitrogens is 1. The zero-order valence-corrected chi connectivity index (χ0v) is 21.9. The summed E-state index contributed by atoms with van der Waals surface area (Å²) in [5.41, 5.74) is 0.622. The minimum atomic E-state index is 0.0222. The number of carbonyl (C=O) groups is 2. The van der Waals surface area contributed by atoms with Gasteiger partial charge in [-0.15, -0.1) is 0 Å². The van der Waals surface area contributed by atoms with Crippen LogP contribution < -0.4 is 5.32 Å². The number of carbonyl (C=O) groups excluding carboxylic acids is 2. The molecule has 0 radical (unpaired) electrons. The summed E-state index contributed by atoms with van der Waals surface area (Å²) < 4.78 is 0. The predicted octanol–water partition coefficient (Wildman–Crippen LogP) is 6.58. The fourth-order valence-corrected chi connectivity index (χ4v) is 3.95. The lowest BCUT2D eigenvalue weighted by Crippen LogP contribution is -2.33. The Morgan fingerprint density at radius 1 is 0.972 bits per heavy atom. The molecule has 1 N–H and O–H groups in total. The largest absolute Gasteiger partial charge is 0.356 e. The maximum absolute atomic E-state index is 12.5. The van der Waals surface area contributed by atoms with Gasteiger partial charge in [-0.25, -0.2) is 0 Å². The lowest BCUT2D eigenvalue weighted by molar-refractivity contribution is -0.121. The van der Waals surface area contributed by atoms with Crippen LogP contribution in [0.2, 0.25) is 0 Å². The van der Waals surface area contributed by atoms with E-state index in [1.165, 1.54) is 0 Å². The zero-order chi connectivity index (χ0) is 25.7. The van der Waals surface area contributed by atoms with E-state index in [1.54, 1.807) is 24.5 Å². The van der Waals surface area contributed by atoms with Crippen LogP contribution in [0.25, 0.3) is 0 Å². The van der Waals surface area contributed by atoms with Gasteiger partial charge < -0.3 is 10.2 Å². The van der Waals surface area contributed by atoms with Crippen molar-refractivity contribution in [2.75, 3.05) is 19.6 Å². The van der Waals surface area contributed by atoms with Crippen molar-refractivity contribution >= 4 is 11.8 Å². The zero-order valence-electron chi connectivity index (χ0n) is 21.9. The summed E-state index contributed by atoms with van der Waals surface area (Å²) in [5.74, 6) is 0.439. The molecule has 36 heavy (non-hydrogen) atoms. The van der Waals surface area contributed by atoms with Gasteiger partial charge in [-0.2, -0.15) is 0 Å². The van der Waals surface area contributed by atoms with Crippen molar-refractivity contribution in [1.29, 1.82) is 0 Å². The highest BCUT2D eigenvalue weighted by atomic mass is 16.2. The lowest BCUT2D eigenvalue weighted by atomic mass is 10.1. The van der Waals surface area contributed by atoms with E-state index in [2.05, 4.69) is 78.0 Å².